The molecule has 0 radical (unpaired) electrons. The van der Waals surface area contributed by atoms with Gasteiger partial charge in [0.25, 0.3) is 5.91 Å². The van der Waals surface area contributed by atoms with Crippen molar-refractivity contribution in [3.05, 3.63) is 52.2 Å². The normalized spacial score (nSPS) is 24.4. The molecule has 1 aromatic carbocycles. The zero-order valence-corrected chi connectivity index (χ0v) is 18.1. The van der Waals surface area contributed by atoms with E-state index in [1.807, 2.05) is 50.9 Å². The smallest absolute Gasteiger partial charge is 0.303 e. The molecule has 2 heterocycles. The number of carboxylic acid groups (broad SMARTS) is 1. The summed E-state index contributed by atoms with van der Waals surface area (Å²) in [6.07, 6.45) is 4.72. The van der Waals surface area contributed by atoms with Gasteiger partial charge in [0.1, 0.15) is 0 Å². The Hall–Kier alpha value is -2.67. The number of hydrogen-bond acceptors (Lipinski definition) is 4. The highest BCUT2D eigenvalue weighted by Crippen LogP contribution is 2.52. The van der Waals surface area contributed by atoms with Crippen LogP contribution in [0.2, 0.25) is 0 Å². The standard InChI is InChI=1S/C24H26N2O4S/c27-21(10-11-22(28)29)25(16-8-9-16)23-17-4-1-2-6-19(17)26(20-7-3-5-18(20)23)24(30)15-12-13-31-14-15/h1-2,4,6,12-14,16,18,20,23H,3,5,7-11H2,(H,28,29). The van der Waals surface area contributed by atoms with Gasteiger partial charge in [-0.3, -0.25) is 14.4 Å². The summed E-state index contributed by atoms with van der Waals surface area (Å²) < 4.78 is 0. The van der Waals surface area contributed by atoms with Crippen LogP contribution in [-0.4, -0.2) is 39.9 Å². The Morgan fingerprint density at radius 2 is 1.87 bits per heavy atom. The maximum Gasteiger partial charge on any atom is 0.303 e. The highest BCUT2D eigenvalue weighted by Gasteiger charge is 2.51. The van der Waals surface area contributed by atoms with Crippen molar-refractivity contribution >= 4 is 34.8 Å². The van der Waals surface area contributed by atoms with Crippen LogP contribution in [0.1, 0.15) is 66.9 Å². The zero-order valence-electron chi connectivity index (χ0n) is 17.3. The first-order chi connectivity index (χ1) is 15.1. The summed E-state index contributed by atoms with van der Waals surface area (Å²) in [7, 11) is 0. The van der Waals surface area contributed by atoms with Crippen molar-refractivity contribution in [1.29, 1.82) is 0 Å². The summed E-state index contributed by atoms with van der Waals surface area (Å²) in [4.78, 5) is 41.7. The number of amides is 2. The number of thiophene rings is 1. The molecule has 2 fully saturated rings. The molecule has 0 bridgehead atoms. The van der Waals surface area contributed by atoms with E-state index in [9.17, 15) is 14.4 Å². The summed E-state index contributed by atoms with van der Waals surface area (Å²) in [5.74, 6) is -0.821. The molecule has 0 saturated heterocycles. The van der Waals surface area contributed by atoms with Gasteiger partial charge >= 0.3 is 5.97 Å². The number of benzene rings is 1. The van der Waals surface area contributed by atoms with Gasteiger partial charge in [-0.1, -0.05) is 24.6 Å². The number of fused-ring (bicyclic) bond motifs is 2. The predicted molar refractivity (Wildman–Crippen MR) is 118 cm³/mol. The van der Waals surface area contributed by atoms with Gasteiger partial charge in [-0.15, -0.1) is 0 Å². The molecule has 3 unspecified atom stereocenters. The largest absolute Gasteiger partial charge is 0.481 e. The van der Waals surface area contributed by atoms with Crippen molar-refractivity contribution in [3.8, 4) is 0 Å². The third-order valence-electron chi connectivity index (χ3n) is 6.85. The lowest BCUT2D eigenvalue weighted by atomic mass is 9.81. The number of carboxylic acids is 1. The van der Waals surface area contributed by atoms with Gasteiger partial charge in [-0.2, -0.15) is 11.3 Å². The van der Waals surface area contributed by atoms with E-state index >= 15 is 0 Å². The fraction of sp³-hybridized carbons (Fsp3) is 0.458. The van der Waals surface area contributed by atoms with Crippen LogP contribution in [0.15, 0.2) is 41.1 Å². The summed E-state index contributed by atoms with van der Waals surface area (Å²) in [6, 6.07) is 9.98. The Morgan fingerprint density at radius 3 is 2.58 bits per heavy atom. The monoisotopic (exact) mass is 438 g/mol. The van der Waals surface area contributed by atoms with E-state index in [1.165, 1.54) is 11.3 Å². The molecule has 162 valence electrons. The van der Waals surface area contributed by atoms with Crippen molar-refractivity contribution in [2.75, 3.05) is 4.90 Å². The minimum atomic E-state index is -0.945. The molecule has 2 aliphatic carbocycles. The van der Waals surface area contributed by atoms with Crippen LogP contribution in [0.5, 0.6) is 0 Å². The topological polar surface area (TPSA) is 77.9 Å². The van der Waals surface area contributed by atoms with Gasteiger partial charge in [0.15, 0.2) is 0 Å². The number of rotatable bonds is 6. The highest BCUT2D eigenvalue weighted by molar-refractivity contribution is 7.08. The van der Waals surface area contributed by atoms with Crippen LogP contribution >= 0.6 is 11.3 Å². The minimum absolute atomic E-state index is 0.0271. The van der Waals surface area contributed by atoms with Crippen molar-refractivity contribution in [1.82, 2.24) is 4.90 Å². The number of nitrogens with zero attached hydrogens (tertiary/aromatic N) is 2. The number of aliphatic carboxylic acids is 1. The van der Waals surface area contributed by atoms with E-state index in [4.69, 9.17) is 5.11 Å². The van der Waals surface area contributed by atoms with E-state index in [2.05, 4.69) is 0 Å². The van der Waals surface area contributed by atoms with Gasteiger partial charge in [-0.25, -0.2) is 0 Å². The van der Waals surface area contributed by atoms with Crippen LogP contribution in [0.3, 0.4) is 0 Å². The number of anilines is 1. The first-order valence-electron chi connectivity index (χ1n) is 11.0. The van der Waals surface area contributed by atoms with Gasteiger partial charge in [0.2, 0.25) is 5.91 Å². The summed E-state index contributed by atoms with van der Waals surface area (Å²) in [5, 5.41) is 12.9. The lowest BCUT2D eigenvalue weighted by Crippen LogP contribution is -2.52. The van der Waals surface area contributed by atoms with Crippen molar-refractivity contribution in [2.45, 2.75) is 63.1 Å². The molecular formula is C24H26N2O4S. The van der Waals surface area contributed by atoms with Crippen LogP contribution in [0.25, 0.3) is 0 Å². The highest BCUT2D eigenvalue weighted by atomic mass is 32.1. The van der Waals surface area contributed by atoms with E-state index < -0.39 is 5.97 Å². The molecule has 0 spiro atoms. The average Bonchev–Trinajstić information content (AvgIpc) is 3.24. The SMILES string of the molecule is O=C(O)CCC(=O)N(C1CC1)C1c2ccccc2N(C(=O)c2ccsc2)C2CCCC21. The molecule has 31 heavy (non-hydrogen) atoms. The second kappa shape index (κ2) is 8.11. The van der Waals surface area contributed by atoms with Crippen LogP contribution < -0.4 is 4.90 Å². The third-order valence-corrected chi connectivity index (χ3v) is 7.53. The minimum Gasteiger partial charge on any atom is -0.481 e. The summed E-state index contributed by atoms with van der Waals surface area (Å²) in [5.41, 5.74) is 2.62. The molecule has 3 aliphatic rings. The maximum atomic E-state index is 13.5. The van der Waals surface area contributed by atoms with E-state index in [1.54, 1.807) is 0 Å². The molecule has 5 rings (SSSR count). The third kappa shape index (κ3) is 3.65. The zero-order chi connectivity index (χ0) is 21.5. The first-order valence-corrected chi connectivity index (χ1v) is 12.0. The van der Waals surface area contributed by atoms with E-state index in [0.29, 0.717) is 5.56 Å². The molecule has 6 nitrogen and oxygen atoms in total. The maximum absolute atomic E-state index is 13.5. The van der Waals surface area contributed by atoms with E-state index in [0.717, 1.165) is 43.4 Å². The molecule has 1 aliphatic heterocycles. The number of carbonyl (C=O) groups is 3. The van der Waals surface area contributed by atoms with Crippen LogP contribution in [0, 0.1) is 5.92 Å². The number of hydrogen-bond donors (Lipinski definition) is 1. The molecule has 7 heteroatoms. The van der Waals surface area contributed by atoms with Gasteiger partial charge < -0.3 is 14.9 Å². The molecule has 1 N–H and O–H groups in total. The Bertz CT molecular complexity index is 1000. The lowest BCUT2D eigenvalue weighted by molar-refractivity contribution is -0.142. The Kier molecular flexibility index (Phi) is 5.30. The summed E-state index contributed by atoms with van der Waals surface area (Å²) in [6.45, 7) is 0. The molecule has 2 aromatic rings. The molecule has 1 aromatic heterocycles. The second-order valence-electron chi connectivity index (χ2n) is 8.78. The Labute approximate surface area is 185 Å². The number of para-hydroxylation sites is 1. The molecule has 3 atom stereocenters. The van der Waals surface area contributed by atoms with Crippen molar-refractivity contribution in [3.63, 3.8) is 0 Å². The van der Waals surface area contributed by atoms with Crippen molar-refractivity contribution in [2.24, 2.45) is 5.92 Å². The quantitative estimate of drug-likeness (QED) is 0.722. The fourth-order valence-electron chi connectivity index (χ4n) is 5.45. The molecule has 2 amide bonds. The first kappa shape index (κ1) is 20.2. The van der Waals surface area contributed by atoms with Gasteiger partial charge in [-0.05, 0) is 48.8 Å². The predicted octanol–water partition coefficient (Wildman–Crippen LogP) is 4.47. The molecular weight excluding hydrogens is 412 g/mol. The van der Waals surface area contributed by atoms with E-state index in [-0.39, 0.29) is 48.7 Å². The lowest BCUT2D eigenvalue weighted by Gasteiger charge is -2.47. The fourth-order valence-corrected chi connectivity index (χ4v) is 6.08. The number of carbonyl (C=O) groups excluding carboxylic acids is 2. The summed E-state index contributed by atoms with van der Waals surface area (Å²) >= 11 is 1.52. The molecule has 2 saturated carbocycles. The Morgan fingerprint density at radius 1 is 1.06 bits per heavy atom. The van der Waals surface area contributed by atoms with Gasteiger partial charge in [0.05, 0.1) is 18.0 Å². The Balaban J connectivity index is 1.56. The van der Waals surface area contributed by atoms with Crippen molar-refractivity contribution < 1.29 is 19.5 Å². The van der Waals surface area contributed by atoms with Crippen LogP contribution in [0.4, 0.5) is 5.69 Å². The second-order valence-corrected chi connectivity index (χ2v) is 9.56. The average molecular weight is 439 g/mol. The van der Waals surface area contributed by atoms with Crippen LogP contribution in [-0.2, 0) is 9.59 Å². The van der Waals surface area contributed by atoms with Gasteiger partial charge in [0, 0.05) is 35.5 Å².